The van der Waals surface area contributed by atoms with Crippen molar-refractivity contribution in [2.75, 3.05) is 45.2 Å². The molecule has 4 atom stereocenters. The van der Waals surface area contributed by atoms with Gasteiger partial charge in [0.05, 0.1) is 36.8 Å². The molecule has 1 aromatic rings. The molecule has 1 fully saturated rings. The van der Waals surface area contributed by atoms with Gasteiger partial charge >= 0.3 is 6.18 Å². The second-order valence-electron chi connectivity index (χ2n) is 11.8. The van der Waals surface area contributed by atoms with E-state index in [9.17, 15) is 27.9 Å². The average molecular weight is 586 g/mol. The monoisotopic (exact) mass is 585 g/mol. The number of nitrogens with zero attached hydrogens (tertiary/aromatic N) is 2. The number of halogens is 3. The van der Waals surface area contributed by atoms with Crippen LogP contribution in [0.4, 0.5) is 18.9 Å². The molecule has 1 aromatic carbocycles. The Morgan fingerprint density at radius 1 is 1.20 bits per heavy atom. The van der Waals surface area contributed by atoms with Crippen LogP contribution in [0.5, 0.6) is 5.75 Å². The van der Waals surface area contributed by atoms with Crippen molar-refractivity contribution < 1.29 is 37.3 Å². The van der Waals surface area contributed by atoms with Gasteiger partial charge in [-0.1, -0.05) is 6.92 Å². The van der Waals surface area contributed by atoms with E-state index in [0.717, 1.165) is 38.3 Å². The Kier molecular flexibility index (Phi) is 12.3. The summed E-state index contributed by atoms with van der Waals surface area (Å²) >= 11 is 0. The van der Waals surface area contributed by atoms with Crippen LogP contribution in [-0.4, -0.2) is 91.0 Å². The fraction of sp³-hybridized carbons (Fsp3) is 0.733. The van der Waals surface area contributed by atoms with E-state index >= 15 is 0 Å². The van der Waals surface area contributed by atoms with Crippen molar-refractivity contribution in [1.29, 1.82) is 0 Å². The van der Waals surface area contributed by atoms with E-state index in [1.54, 1.807) is 17.9 Å². The molecule has 1 aliphatic heterocycles. The third kappa shape index (κ3) is 11.1. The number of nitrogens with one attached hydrogen (secondary N) is 1. The molecule has 8 nitrogen and oxygen atoms in total. The number of alkyl halides is 3. The second-order valence-corrected chi connectivity index (χ2v) is 11.8. The van der Waals surface area contributed by atoms with Crippen LogP contribution in [0.3, 0.4) is 0 Å². The summed E-state index contributed by atoms with van der Waals surface area (Å²) in [6, 6.07) is 4.02. The van der Waals surface area contributed by atoms with Crippen LogP contribution in [0, 0.1) is 11.8 Å². The number of amides is 2. The SMILES string of the molecule is C[C@@H]1CCCCO[C@@H](CN(C)CC2CC2)[C@H](C)CN([C@H](C)CO)C(=O)c2cc(NC(=O)CCC(F)(F)F)ccc2O1. The molecule has 232 valence electrons. The lowest BCUT2D eigenvalue weighted by molar-refractivity contribution is -0.142. The standard InChI is InChI=1S/C30H46F3N3O5/c1-20-16-36(21(2)19-37)29(39)25-15-24(34-28(38)12-13-30(31,32)33)10-11-26(25)41-22(3)7-5-6-14-40-27(20)18-35(4)17-23-8-9-23/h10-11,15,20-23,27,37H,5-9,12-14,16-19H2,1-4H3,(H,34,38)/t20-,21-,22-,27+/m1/s1. The summed E-state index contributed by atoms with van der Waals surface area (Å²) in [5, 5.41) is 12.5. The average Bonchev–Trinajstić information content (AvgIpc) is 3.72. The lowest BCUT2D eigenvalue weighted by Crippen LogP contribution is -2.47. The third-order valence-electron chi connectivity index (χ3n) is 7.73. The molecule has 41 heavy (non-hydrogen) atoms. The van der Waals surface area contributed by atoms with Crippen LogP contribution in [0.15, 0.2) is 18.2 Å². The maximum atomic E-state index is 14.1. The van der Waals surface area contributed by atoms with Crippen molar-refractivity contribution in [1.82, 2.24) is 9.80 Å². The molecule has 1 saturated carbocycles. The Balaban J connectivity index is 1.88. The lowest BCUT2D eigenvalue weighted by atomic mass is 10.0. The Labute approximate surface area is 241 Å². The van der Waals surface area contributed by atoms with E-state index in [1.807, 2.05) is 13.8 Å². The highest BCUT2D eigenvalue weighted by Crippen LogP contribution is 2.31. The van der Waals surface area contributed by atoms with Crippen molar-refractivity contribution in [3.63, 3.8) is 0 Å². The first-order valence-corrected chi connectivity index (χ1v) is 14.8. The highest BCUT2D eigenvalue weighted by molar-refractivity contribution is 5.99. The molecule has 2 amide bonds. The predicted octanol–water partition coefficient (Wildman–Crippen LogP) is 5.10. The molecular formula is C30H46F3N3O5. The van der Waals surface area contributed by atoms with E-state index in [2.05, 4.69) is 17.3 Å². The predicted molar refractivity (Wildman–Crippen MR) is 151 cm³/mol. The van der Waals surface area contributed by atoms with Gasteiger partial charge in [-0.25, -0.2) is 0 Å². The van der Waals surface area contributed by atoms with Gasteiger partial charge in [0.15, 0.2) is 0 Å². The molecule has 0 bridgehead atoms. The van der Waals surface area contributed by atoms with E-state index in [0.29, 0.717) is 18.9 Å². The maximum Gasteiger partial charge on any atom is 0.389 e. The van der Waals surface area contributed by atoms with Crippen LogP contribution in [0.1, 0.15) is 76.1 Å². The Bertz CT molecular complexity index is 1000. The topological polar surface area (TPSA) is 91.3 Å². The van der Waals surface area contributed by atoms with Crippen LogP contribution < -0.4 is 10.1 Å². The maximum absolute atomic E-state index is 14.1. The molecule has 11 heteroatoms. The van der Waals surface area contributed by atoms with Gasteiger partial charge in [-0.05, 0) is 77.1 Å². The summed E-state index contributed by atoms with van der Waals surface area (Å²) in [7, 11) is 2.10. The quantitative estimate of drug-likeness (QED) is 0.419. The molecule has 0 unspecified atom stereocenters. The van der Waals surface area contributed by atoms with Crippen LogP contribution in [-0.2, 0) is 9.53 Å². The summed E-state index contributed by atoms with van der Waals surface area (Å²) in [5.74, 6) is -0.176. The minimum atomic E-state index is -4.44. The zero-order valence-corrected chi connectivity index (χ0v) is 24.7. The largest absolute Gasteiger partial charge is 0.490 e. The number of hydrogen-bond donors (Lipinski definition) is 2. The van der Waals surface area contributed by atoms with Crippen molar-refractivity contribution in [3.05, 3.63) is 23.8 Å². The lowest BCUT2D eigenvalue weighted by Gasteiger charge is -2.36. The summed E-state index contributed by atoms with van der Waals surface area (Å²) in [6.45, 7) is 8.14. The summed E-state index contributed by atoms with van der Waals surface area (Å²) in [4.78, 5) is 30.2. The van der Waals surface area contributed by atoms with Crippen LogP contribution in [0.25, 0.3) is 0 Å². The molecule has 2 N–H and O–H groups in total. The number of benzene rings is 1. The van der Waals surface area contributed by atoms with E-state index in [1.165, 1.54) is 25.0 Å². The van der Waals surface area contributed by atoms with Crippen molar-refractivity contribution in [2.45, 2.75) is 90.1 Å². The molecule has 0 spiro atoms. The summed E-state index contributed by atoms with van der Waals surface area (Å²) in [6.07, 6.45) is -1.72. The fourth-order valence-electron chi connectivity index (χ4n) is 5.06. The normalized spacial score (nSPS) is 23.9. The summed E-state index contributed by atoms with van der Waals surface area (Å²) in [5.41, 5.74) is 0.382. The number of anilines is 1. The van der Waals surface area contributed by atoms with E-state index in [-0.39, 0.29) is 36.0 Å². The molecular weight excluding hydrogens is 539 g/mol. The number of ether oxygens (including phenoxy) is 2. The molecule has 0 saturated heterocycles. The van der Waals surface area contributed by atoms with Crippen molar-refractivity contribution in [2.24, 2.45) is 11.8 Å². The highest BCUT2D eigenvalue weighted by Gasteiger charge is 2.32. The molecule has 2 aliphatic rings. The summed E-state index contributed by atoms with van der Waals surface area (Å²) < 4.78 is 50.3. The van der Waals surface area contributed by atoms with Crippen molar-refractivity contribution in [3.8, 4) is 5.75 Å². The molecule has 0 aromatic heterocycles. The van der Waals surface area contributed by atoms with E-state index < -0.39 is 36.9 Å². The van der Waals surface area contributed by atoms with Crippen LogP contribution in [0.2, 0.25) is 0 Å². The van der Waals surface area contributed by atoms with Gasteiger partial charge < -0.3 is 29.7 Å². The number of carbonyl (C=O) groups excluding carboxylic acids is 2. The number of hydrogen-bond acceptors (Lipinski definition) is 6. The number of rotatable bonds is 9. The first-order valence-electron chi connectivity index (χ1n) is 14.8. The first-order chi connectivity index (χ1) is 19.4. The van der Waals surface area contributed by atoms with Gasteiger partial charge in [0, 0.05) is 44.3 Å². The van der Waals surface area contributed by atoms with E-state index in [4.69, 9.17) is 9.47 Å². The number of aliphatic hydroxyl groups excluding tert-OH is 1. The number of fused-ring (bicyclic) bond motifs is 1. The number of aliphatic hydroxyl groups is 1. The minimum Gasteiger partial charge on any atom is -0.490 e. The Hall–Kier alpha value is -2.37. The van der Waals surface area contributed by atoms with Gasteiger partial charge in [-0.2, -0.15) is 13.2 Å². The molecule has 1 heterocycles. The molecule has 3 rings (SSSR count). The van der Waals surface area contributed by atoms with Gasteiger partial charge in [-0.15, -0.1) is 0 Å². The van der Waals surface area contributed by atoms with Gasteiger partial charge in [0.2, 0.25) is 5.91 Å². The molecule has 1 aliphatic carbocycles. The van der Waals surface area contributed by atoms with Crippen molar-refractivity contribution >= 4 is 17.5 Å². The third-order valence-corrected chi connectivity index (χ3v) is 7.73. The van der Waals surface area contributed by atoms with Crippen LogP contribution >= 0.6 is 0 Å². The van der Waals surface area contributed by atoms with Gasteiger partial charge in [0.1, 0.15) is 5.75 Å². The zero-order valence-electron chi connectivity index (χ0n) is 24.7. The fourth-order valence-corrected chi connectivity index (χ4v) is 5.06. The number of carbonyl (C=O) groups is 2. The highest BCUT2D eigenvalue weighted by atomic mass is 19.4. The van der Waals surface area contributed by atoms with Gasteiger partial charge in [0.25, 0.3) is 5.91 Å². The Morgan fingerprint density at radius 3 is 2.59 bits per heavy atom. The minimum absolute atomic E-state index is 0.0499. The smallest absolute Gasteiger partial charge is 0.389 e. The molecule has 0 radical (unpaired) electrons. The number of likely N-dealkylation sites (N-methyl/N-ethyl adjacent to an activating group) is 1. The Morgan fingerprint density at radius 2 is 1.93 bits per heavy atom. The second kappa shape index (κ2) is 15.2. The first kappa shape index (κ1) is 33.1. The zero-order chi connectivity index (χ0) is 30.2. The van der Waals surface area contributed by atoms with Gasteiger partial charge in [-0.3, -0.25) is 9.59 Å².